The van der Waals surface area contributed by atoms with E-state index in [1.807, 2.05) is 19.4 Å². The van der Waals surface area contributed by atoms with E-state index in [0.29, 0.717) is 12.0 Å². The third kappa shape index (κ3) is 4.72. The molecule has 5 heteroatoms. The molecule has 2 heterocycles. The molecule has 5 nitrogen and oxygen atoms in total. The van der Waals surface area contributed by atoms with Crippen molar-refractivity contribution in [2.45, 2.75) is 39.3 Å². The number of hydrogen-bond acceptors (Lipinski definition) is 5. The second-order valence-electron chi connectivity index (χ2n) is 5.91. The Kier molecular flexibility index (Phi) is 5.73. The van der Waals surface area contributed by atoms with E-state index in [0.717, 1.165) is 44.2 Å². The molecule has 1 atom stereocenters. The summed E-state index contributed by atoms with van der Waals surface area (Å²) in [6.07, 6.45) is 6.37. The zero-order chi connectivity index (χ0) is 14.4. The van der Waals surface area contributed by atoms with Crippen molar-refractivity contribution in [3.05, 3.63) is 18.1 Å². The quantitative estimate of drug-likeness (QED) is 0.824. The highest BCUT2D eigenvalue weighted by atomic mass is 16.5. The zero-order valence-corrected chi connectivity index (χ0v) is 12.8. The minimum absolute atomic E-state index is 0.342. The summed E-state index contributed by atoms with van der Waals surface area (Å²) < 4.78 is 5.64. The smallest absolute Gasteiger partial charge is 0.146 e. The van der Waals surface area contributed by atoms with Crippen molar-refractivity contribution < 1.29 is 4.74 Å². The van der Waals surface area contributed by atoms with Gasteiger partial charge in [0.2, 0.25) is 0 Å². The molecule has 1 aromatic heterocycles. The summed E-state index contributed by atoms with van der Waals surface area (Å²) in [5, 5.41) is 3.37. The molecule has 1 fully saturated rings. The Morgan fingerprint density at radius 2 is 2.25 bits per heavy atom. The Morgan fingerprint density at radius 1 is 1.40 bits per heavy atom. The molecule has 112 valence electrons. The van der Waals surface area contributed by atoms with E-state index < -0.39 is 0 Å². The van der Waals surface area contributed by atoms with Crippen LogP contribution < -0.4 is 10.2 Å². The molecule has 1 aromatic rings. The van der Waals surface area contributed by atoms with Crippen LogP contribution >= 0.6 is 0 Å². The van der Waals surface area contributed by atoms with Crippen molar-refractivity contribution >= 4 is 5.82 Å². The number of ether oxygens (including phenoxy) is 1. The fourth-order valence-corrected chi connectivity index (χ4v) is 2.31. The molecule has 0 amide bonds. The topological polar surface area (TPSA) is 50.3 Å². The first-order chi connectivity index (χ1) is 9.65. The average Bonchev–Trinajstić information content (AvgIpc) is 2.92. The Hall–Kier alpha value is -1.20. The predicted octanol–water partition coefficient (Wildman–Crippen LogP) is 1.84. The Labute approximate surface area is 121 Å². The zero-order valence-electron chi connectivity index (χ0n) is 12.8. The Bertz CT molecular complexity index is 387. The second-order valence-corrected chi connectivity index (χ2v) is 5.91. The lowest BCUT2D eigenvalue weighted by Gasteiger charge is -2.21. The van der Waals surface area contributed by atoms with E-state index in [1.54, 1.807) is 0 Å². The van der Waals surface area contributed by atoms with Crippen LogP contribution in [0.2, 0.25) is 0 Å². The van der Waals surface area contributed by atoms with Gasteiger partial charge in [0.15, 0.2) is 0 Å². The van der Waals surface area contributed by atoms with Crippen molar-refractivity contribution in [3.63, 3.8) is 0 Å². The summed E-state index contributed by atoms with van der Waals surface area (Å²) in [7, 11) is 2.04. The highest BCUT2D eigenvalue weighted by Crippen LogP contribution is 2.15. The molecule has 0 radical (unpaired) electrons. The van der Waals surface area contributed by atoms with Crippen LogP contribution in [0.15, 0.2) is 12.4 Å². The SMILES string of the molecule is CC(C)CNCc1cnc(N(C)CC2CCCO2)cn1. The van der Waals surface area contributed by atoms with Gasteiger partial charge in [-0.25, -0.2) is 4.98 Å². The molecule has 0 bridgehead atoms. The third-order valence-corrected chi connectivity index (χ3v) is 3.44. The Balaban J connectivity index is 1.80. The number of rotatable bonds is 7. The summed E-state index contributed by atoms with van der Waals surface area (Å²) in [5.41, 5.74) is 0.986. The van der Waals surface area contributed by atoms with Gasteiger partial charge >= 0.3 is 0 Å². The molecule has 1 unspecified atom stereocenters. The van der Waals surface area contributed by atoms with Gasteiger partial charge in [0.25, 0.3) is 0 Å². The highest BCUT2D eigenvalue weighted by Gasteiger charge is 2.18. The lowest BCUT2D eigenvalue weighted by molar-refractivity contribution is 0.116. The molecule has 0 spiro atoms. The first-order valence-electron chi connectivity index (χ1n) is 7.49. The summed E-state index contributed by atoms with van der Waals surface area (Å²) in [6.45, 7) is 7.96. The first kappa shape index (κ1) is 15.2. The summed E-state index contributed by atoms with van der Waals surface area (Å²) >= 11 is 0. The van der Waals surface area contributed by atoms with Crippen molar-refractivity contribution in [1.29, 1.82) is 0 Å². The van der Waals surface area contributed by atoms with Gasteiger partial charge in [-0.2, -0.15) is 0 Å². The maximum atomic E-state index is 5.64. The van der Waals surface area contributed by atoms with Crippen LogP contribution in [0, 0.1) is 5.92 Å². The average molecular weight is 278 g/mol. The van der Waals surface area contributed by atoms with Gasteiger partial charge in [0.1, 0.15) is 5.82 Å². The van der Waals surface area contributed by atoms with E-state index in [1.165, 1.54) is 6.42 Å². The van der Waals surface area contributed by atoms with Gasteiger partial charge in [0, 0.05) is 26.7 Å². The van der Waals surface area contributed by atoms with E-state index >= 15 is 0 Å². The van der Waals surface area contributed by atoms with Gasteiger partial charge in [-0.05, 0) is 25.3 Å². The maximum absolute atomic E-state index is 5.64. The monoisotopic (exact) mass is 278 g/mol. The fourth-order valence-electron chi connectivity index (χ4n) is 2.31. The van der Waals surface area contributed by atoms with E-state index in [-0.39, 0.29) is 0 Å². The summed E-state index contributed by atoms with van der Waals surface area (Å²) in [6, 6.07) is 0. The normalized spacial score (nSPS) is 18.7. The predicted molar refractivity (Wildman–Crippen MR) is 80.8 cm³/mol. The van der Waals surface area contributed by atoms with Crippen LogP contribution in [0.3, 0.4) is 0 Å². The minimum atomic E-state index is 0.342. The molecule has 2 rings (SSSR count). The van der Waals surface area contributed by atoms with E-state index in [2.05, 4.69) is 34.0 Å². The molecule has 20 heavy (non-hydrogen) atoms. The number of nitrogens with one attached hydrogen (secondary N) is 1. The van der Waals surface area contributed by atoms with E-state index in [9.17, 15) is 0 Å². The van der Waals surface area contributed by atoms with Gasteiger partial charge in [-0.15, -0.1) is 0 Å². The molecule has 1 N–H and O–H groups in total. The number of hydrogen-bond donors (Lipinski definition) is 1. The summed E-state index contributed by atoms with van der Waals surface area (Å²) in [5.74, 6) is 1.56. The summed E-state index contributed by atoms with van der Waals surface area (Å²) in [4.78, 5) is 11.1. The van der Waals surface area contributed by atoms with Crippen molar-refractivity contribution in [3.8, 4) is 0 Å². The Morgan fingerprint density at radius 3 is 2.85 bits per heavy atom. The van der Waals surface area contributed by atoms with Crippen LogP contribution in [0.1, 0.15) is 32.4 Å². The first-order valence-corrected chi connectivity index (χ1v) is 7.49. The van der Waals surface area contributed by atoms with Crippen LogP contribution in [0.5, 0.6) is 0 Å². The molecule has 1 aliphatic heterocycles. The van der Waals surface area contributed by atoms with Crippen molar-refractivity contribution in [2.75, 3.05) is 31.6 Å². The fraction of sp³-hybridized carbons (Fsp3) is 0.733. The van der Waals surface area contributed by atoms with Crippen LogP contribution in [-0.4, -0.2) is 42.8 Å². The molecular weight excluding hydrogens is 252 g/mol. The molecule has 0 saturated carbocycles. The highest BCUT2D eigenvalue weighted by molar-refractivity contribution is 5.34. The lowest BCUT2D eigenvalue weighted by Crippen LogP contribution is -2.29. The molecule has 0 aromatic carbocycles. The largest absolute Gasteiger partial charge is 0.376 e. The molecular formula is C15H26N4O. The van der Waals surface area contributed by atoms with Crippen LogP contribution in [0.25, 0.3) is 0 Å². The van der Waals surface area contributed by atoms with Crippen LogP contribution in [-0.2, 0) is 11.3 Å². The third-order valence-electron chi connectivity index (χ3n) is 3.44. The van der Waals surface area contributed by atoms with Crippen molar-refractivity contribution in [1.82, 2.24) is 15.3 Å². The number of likely N-dealkylation sites (N-methyl/N-ethyl adjacent to an activating group) is 1. The van der Waals surface area contributed by atoms with Gasteiger partial charge in [-0.3, -0.25) is 4.98 Å². The minimum Gasteiger partial charge on any atom is -0.376 e. The van der Waals surface area contributed by atoms with E-state index in [4.69, 9.17) is 4.74 Å². The lowest BCUT2D eigenvalue weighted by atomic mass is 10.2. The second kappa shape index (κ2) is 7.55. The molecule has 1 saturated heterocycles. The number of aromatic nitrogens is 2. The molecule has 0 aliphatic carbocycles. The van der Waals surface area contributed by atoms with Crippen molar-refractivity contribution in [2.24, 2.45) is 5.92 Å². The number of anilines is 1. The van der Waals surface area contributed by atoms with Gasteiger partial charge < -0.3 is 15.0 Å². The maximum Gasteiger partial charge on any atom is 0.146 e. The number of nitrogens with zero attached hydrogens (tertiary/aromatic N) is 3. The van der Waals surface area contributed by atoms with Gasteiger partial charge in [-0.1, -0.05) is 13.8 Å². The molecule has 1 aliphatic rings. The van der Waals surface area contributed by atoms with Crippen LogP contribution in [0.4, 0.5) is 5.82 Å². The van der Waals surface area contributed by atoms with Gasteiger partial charge in [0.05, 0.1) is 24.2 Å². The standard InChI is InChI=1S/C15H26N4O/c1-12(2)7-16-8-13-9-18-15(10-17-13)19(3)11-14-5-4-6-20-14/h9-10,12,14,16H,4-8,11H2,1-3H3.